The predicted molar refractivity (Wildman–Crippen MR) is 66.1 cm³/mol. The van der Waals surface area contributed by atoms with Crippen LogP contribution in [0, 0.1) is 5.92 Å². The summed E-state index contributed by atoms with van der Waals surface area (Å²) in [6.07, 6.45) is 4.76. The van der Waals surface area contributed by atoms with Crippen molar-refractivity contribution >= 4 is 16.7 Å². The maximum atomic E-state index is 4.31. The zero-order chi connectivity index (χ0) is 11.2. The van der Waals surface area contributed by atoms with Crippen LogP contribution in [0.15, 0.2) is 30.5 Å². The molecule has 3 aliphatic rings. The SMILES string of the molecule is C1=C(n2nnc3ccccc32)C2CCN1CC2. The number of hydrogen-bond donors (Lipinski definition) is 0. The Morgan fingerprint density at radius 2 is 1.94 bits per heavy atom. The lowest BCUT2D eigenvalue weighted by Gasteiger charge is -2.38. The quantitative estimate of drug-likeness (QED) is 0.745. The molecule has 0 radical (unpaired) electrons. The van der Waals surface area contributed by atoms with E-state index in [9.17, 15) is 0 Å². The first-order chi connectivity index (χ1) is 8.42. The Balaban J connectivity index is 1.89. The molecule has 0 spiro atoms. The summed E-state index contributed by atoms with van der Waals surface area (Å²) in [4.78, 5) is 2.39. The molecule has 0 atom stereocenters. The number of benzene rings is 1. The van der Waals surface area contributed by atoms with Crippen molar-refractivity contribution in [2.45, 2.75) is 12.8 Å². The van der Waals surface area contributed by atoms with Gasteiger partial charge in [-0.1, -0.05) is 17.3 Å². The van der Waals surface area contributed by atoms with Gasteiger partial charge in [0.25, 0.3) is 0 Å². The smallest absolute Gasteiger partial charge is 0.113 e. The normalized spacial score (nSPS) is 20.0. The van der Waals surface area contributed by atoms with Gasteiger partial charge in [-0.2, -0.15) is 0 Å². The second-order valence-corrected chi connectivity index (χ2v) is 4.85. The third-order valence-corrected chi connectivity index (χ3v) is 3.86. The van der Waals surface area contributed by atoms with Crippen LogP contribution in [0.3, 0.4) is 0 Å². The Kier molecular flexibility index (Phi) is 1.80. The molecule has 1 aromatic heterocycles. The Labute approximate surface area is 99.5 Å². The van der Waals surface area contributed by atoms with Crippen molar-refractivity contribution in [2.75, 3.05) is 13.1 Å². The van der Waals surface area contributed by atoms with E-state index < -0.39 is 0 Å². The van der Waals surface area contributed by atoms with Crippen LogP contribution in [-0.4, -0.2) is 33.0 Å². The molecule has 4 heteroatoms. The average molecular weight is 226 g/mol. The molecule has 86 valence electrons. The van der Waals surface area contributed by atoms with Gasteiger partial charge in [0.15, 0.2) is 0 Å². The summed E-state index contributed by atoms with van der Waals surface area (Å²) in [7, 11) is 0. The van der Waals surface area contributed by atoms with E-state index in [1.54, 1.807) is 0 Å². The van der Waals surface area contributed by atoms with Crippen LogP contribution in [0.1, 0.15) is 12.8 Å². The monoisotopic (exact) mass is 226 g/mol. The fourth-order valence-corrected chi connectivity index (χ4v) is 2.90. The zero-order valence-corrected chi connectivity index (χ0v) is 9.58. The van der Waals surface area contributed by atoms with Gasteiger partial charge in [0.05, 0.1) is 11.2 Å². The maximum absolute atomic E-state index is 4.31. The van der Waals surface area contributed by atoms with E-state index in [4.69, 9.17) is 0 Å². The molecule has 0 saturated carbocycles. The molecular weight excluding hydrogens is 212 g/mol. The first-order valence-corrected chi connectivity index (χ1v) is 6.18. The number of nitrogens with zero attached hydrogens (tertiary/aromatic N) is 4. The Morgan fingerprint density at radius 3 is 2.71 bits per heavy atom. The number of allylic oxidation sites excluding steroid dienone is 1. The lowest BCUT2D eigenvalue weighted by atomic mass is 9.90. The van der Waals surface area contributed by atoms with Crippen molar-refractivity contribution < 1.29 is 0 Å². The molecule has 5 rings (SSSR count). The van der Waals surface area contributed by atoms with Crippen LogP contribution in [0.5, 0.6) is 0 Å². The van der Waals surface area contributed by atoms with Gasteiger partial charge in [-0.15, -0.1) is 5.10 Å². The molecule has 2 bridgehead atoms. The highest BCUT2D eigenvalue weighted by molar-refractivity contribution is 5.78. The number of hydrogen-bond acceptors (Lipinski definition) is 3. The molecule has 0 unspecified atom stereocenters. The summed E-state index contributed by atoms with van der Waals surface area (Å²) in [6, 6.07) is 8.16. The Morgan fingerprint density at radius 1 is 1.12 bits per heavy atom. The topological polar surface area (TPSA) is 34.0 Å². The van der Waals surface area contributed by atoms with Crippen molar-refractivity contribution in [3.63, 3.8) is 0 Å². The number of fused-ring (bicyclic) bond motifs is 3. The molecule has 4 heterocycles. The van der Waals surface area contributed by atoms with Crippen LogP contribution in [0.2, 0.25) is 0 Å². The third kappa shape index (κ3) is 1.30. The van der Waals surface area contributed by atoms with Gasteiger partial charge in [-0.25, -0.2) is 4.68 Å². The van der Waals surface area contributed by atoms with E-state index in [2.05, 4.69) is 27.5 Å². The highest BCUT2D eigenvalue weighted by Gasteiger charge is 2.29. The number of aromatic nitrogens is 3. The summed E-state index contributed by atoms with van der Waals surface area (Å²) in [5.41, 5.74) is 3.41. The standard InChI is InChI=1S/C13H14N4/c1-2-4-12-11(3-1)14-15-17(12)13-9-16-7-5-10(13)6-8-16/h1-4,9-10H,5-8H2. The first-order valence-electron chi connectivity index (χ1n) is 6.18. The van der Waals surface area contributed by atoms with E-state index in [1.165, 1.54) is 31.6 Å². The molecule has 3 aliphatic heterocycles. The molecule has 1 aromatic carbocycles. The number of para-hydroxylation sites is 1. The van der Waals surface area contributed by atoms with Crippen LogP contribution in [0.25, 0.3) is 16.7 Å². The molecule has 0 N–H and O–H groups in total. The van der Waals surface area contributed by atoms with E-state index in [0.29, 0.717) is 5.92 Å². The number of rotatable bonds is 1. The van der Waals surface area contributed by atoms with Gasteiger partial charge in [-0.3, -0.25) is 0 Å². The number of piperidine rings is 1. The first kappa shape index (κ1) is 9.22. The predicted octanol–water partition coefficient (Wildman–Crippen LogP) is 1.96. The van der Waals surface area contributed by atoms with Crippen molar-refractivity contribution in [2.24, 2.45) is 5.92 Å². The minimum atomic E-state index is 0.658. The van der Waals surface area contributed by atoms with Gasteiger partial charge in [-0.05, 0) is 25.0 Å². The van der Waals surface area contributed by atoms with E-state index >= 15 is 0 Å². The van der Waals surface area contributed by atoms with Crippen LogP contribution < -0.4 is 0 Å². The molecule has 1 fully saturated rings. The summed E-state index contributed by atoms with van der Waals surface area (Å²) in [5.74, 6) is 0.658. The molecule has 0 aliphatic carbocycles. The highest BCUT2D eigenvalue weighted by Crippen LogP contribution is 2.34. The summed E-state index contributed by atoms with van der Waals surface area (Å²) >= 11 is 0. The van der Waals surface area contributed by atoms with E-state index in [-0.39, 0.29) is 0 Å². The van der Waals surface area contributed by atoms with Crippen molar-refractivity contribution in [1.29, 1.82) is 0 Å². The fourth-order valence-electron chi connectivity index (χ4n) is 2.90. The molecule has 1 saturated heterocycles. The summed E-state index contributed by atoms with van der Waals surface area (Å²) in [6.45, 7) is 2.39. The van der Waals surface area contributed by atoms with Crippen molar-refractivity contribution in [3.8, 4) is 0 Å². The molecule has 4 nitrogen and oxygen atoms in total. The van der Waals surface area contributed by atoms with Crippen molar-refractivity contribution in [3.05, 3.63) is 30.5 Å². The summed E-state index contributed by atoms with van der Waals surface area (Å²) < 4.78 is 2.02. The fraction of sp³-hybridized carbons (Fsp3) is 0.385. The molecule has 2 aromatic rings. The third-order valence-electron chi connectivity index (χ3n) is 3.86. The molecular formula is C13H14N4. The Hall–Kier alpha value is -1.84. The highest BCUT2D eigenvalue weighted by atomic mass is 15.4. The van der Waals surface area contributed by atoms with Gasteiger partial charge in [0, 0.05) is 25.2 Å². The van der Waals surface area contributed by atoms with E-state index in [1.807, 2.05) is 22.9 Å². The summed E-state index contributed by atoms with van der Waals surface area (Å²) in [5, 5.41) is 8.54. The van der Waals surface area contributed by atoms with E-state index in [0.717, 1.165) is 11.0 Å². The molecule has 0 amide bonds. The van der Waals surface area contributed by atoms with Crippen LogP contribution >= 0.6 is 0 Å². The molecule has 17 heavy (non-hydrogen) atoms. The maximum Gasteiger partial charge on any atom is 0.113 e. The van der Waals surface area contributed by atoms with Gasteiger partial charge < -0.3 is 4.90 Å². The van der Waals surface area contributed by atoms with Crippen LogP contribution in [-0.2, 0) is 0 Å². The average Bonchev–Trinajstić information content (AvgIpc) is 2.84. The minimum Gasteiger partial charge on any atom is -0.376 e. The lowest BCUT2D eigenvalue weighted by Crippen LogP contribution is -2.37. The Bertz CT molecular complexity index is 590. The van der Waals surface area contributed by atoms with Gasteiger partial charge >= 0.3 is 0 Å². The van der Waals surface area contributed by atoms with Gasteiger partial charge in [0.1, 0.15) is 5.52 Å². The zero-order valence-electron chi connectivity index (χ0n) is 9.58. The van der Waals surface area contributed by atoms with Crippen molar-refractivity contribution in [1.82, 2.24) is 19.9 Å². The van der Waals surface area contributed by atoms with Crippen LogP contribution in [0.4, 0.5) is 0 Å². The minimum absolute atomic E-state index is 0.658. The van der Waals surface area contributed by atoms with Gasteiger partial charge in [0.2, 0.25) is 0 Å². The second-order valence-electron chi connectivity index (χ2n) is 4.85. The second kappa shape index (κ2) is 3.32. The lowest BCUT2D eigenvalue weighted by molar-refractivity contribution is 0.245. The largest absolute Gasteiger partial charge is 0.376 e.